The maximum absolute atomic E-state index is 11.2. The lowest BCUT2D eigenvalue weighted by Crippen LogP contribution is -2.09. The molecule has 0 fully saturated rings. The Bertz CT molecular complexity index is 851. The highest BCUT2D eigenvalue weighted by Crippen LogP contribution is 2.31. The van der Waals surface area contributed by atoms with Gasteiger partial charge in [-0.25, -0.2) is 4.98 Å². The lowest BCUT2D eigenvalue weighted by Gasteiger charge is -2.20. The van der Waals surface area contributed by atoms with Gasteiger partial charge in [0.05, 0.1) is 6.33 Å². The molecule has 1 atom stereocenters. The second-order valence-electron chi connectivity index (χ2n) is 6.43. The first-order valence-electron chi connectivity index (χ1n) is 8.45. The van der Waals surface area contributed by atoms with Crippen molar-refractivity contribution in [3.8, 4) is 0 Å². The molecular formula is C21H23N3O. The van der Waals surface area contributed by atoms with E-state index in [-0.39, 0.29) is 11.8 Å². The van der Waals surface area contributed by atoms with Crippen LogP contribution in [0, 0.1) is 13.8 Å². The molecule has 3 rings (SSSR count). The van der Waals surface area contributed by atoms with Crippen molar-refractivity contribution in [2.24, 2.45) is 0 Å². The number of nitrogens with zero attached hydrogens (tertiary/aromatic N) is 1. The molecule has 0 spiro atoms. The predicted octanol–water partition coefficient (Wildman–Crippen LogP) is 4.36. The summed E-state index contributed by atoms with van der Waals surface area (Å²) < 4.78 is 0. The van der Waals surface area contributed by atoms with E-state index in [1.54, 1.807) is 6.33 Å². The number of amides is 1. The molecule has 1 unspecified atom stereocenters. The van der Waals surface area contributed by atoms with Crippen molar-refractivity contribution >= 4 is 11.6 Å². The Kier molecular flexibility index (Phi) is 4.98. The molecule has 3 aromatic rings. The van der Waals surface area contributed by atoms with E-state index in [4.69, 9.17) is 0 Å². The van der Waals surface area contributed by atoms with Crippen LogP contribution in [0.4, 0.5) is 5.69 Å². The third kappa shape index (κ3) is 3.97. The zero-order chi connectivity index (χ0) is 17.8. The van der Waals surface area contributed by atoms with Gasteiger partial charge in [-0.15, -0.1) is 0 Å². The van der Waals surface area contributed by atoms with Gasteiger partial charge in [0.25, 0.3) is 0 Å². The summed E-state index contributed by atoms with van der Waals surface area (Å²) in [4.78, 5) is 18.6. The minimum atomic E-state index is -0.0570. The first kappa shape index (κ1) is 17.0. The fourth-order valence-electron chi connectivity index (χ4n) is 3.16. The number of hydrogen-bond donors (Lipinski definition) is 2. The molecule has 128 valence electrons. The second kappa shape index (κ2) is 7.34. The van der Waals surface area contributed by atoms with Crippen LogP contribution in [0.3, 0.4) is 0 Å². The topological polar surface area (TPSA) is 57.8 Å². The van der Waals surface area contributed by atoms with Crippen LogP contribution in [0.5, 0.6) is 0 Å². The third-order valence-corrected chi connectivity index (χ3v) is 4.63. The Morgan fingerprint density at radius 1 is 1.16 bits per heavy atom. The van der Waals surface area contributed by atoms with Crippen molar-refractivity contribution in [3.05, 3.63) is 82.9 Å². The van der Waals surface area contributed by atoms with E-state index in [0.717, 1.165) is 17.8 Å². The number of imidazole rings is 1. The zero-order valence-electron chi connectivity index (χ0n) is 14.8. The number of carbonyl (C=O) groups excluding carboxylic acids is 1. The second-order valence-corrected chi connectivity index (χ2v) is 6.43. The van der Waals surface area contributed by atoms with Crippen LogP contribution in [0.2, 0.25) is 0 Å². The molecule has 2 aromatic carbocycles. The molecule has 0 aliphatic heterocycles. The Balaban J connectivity index is 1.91. The molecular weight excluding hydrogens is 310 g/mol. The summed E-state index contributed by atoms with van der Waals surface area (Å²) in [5, 5.41) is 2.81. The van der Waals surface area contributed by atoms with Crippen LogP contribution in [0.15, 0.2) is 55.0 Å². The summed E-state index contributed by atoms with van der Waals surface area (Å²) >= 11 is 0. The van der Waals surface area contributed by atoms with Gasteiger partial charge in [0.15, 0.2) is 0 Å². The Morgan fingerprint density at radius 3 is 2.56 bits per heavy atom. The maximum Gasteiger partial charge on any atom is 0.221 e. The van der Waals surface area contributed by atoms with E-state index in [1.807, 2.05) is 18.3 Å². The summed E-state index contributed by atoms with van der Waals surface area (Å²) in [6, 6.07) is 14.5. The summed E-state index contributed by atoms with van der Waals surface area (Å²) in [6.07, 6.45) is 4.50. The van der Waals surface area contributed by atoms with Crippen LogP contribution in [0.1, 0.15) is 40.8 Å². The first-order valence-corrected chi connectivity index (χ1v) is 8.45. The average molecular weight is 333 g/mol. The predicted molar refractivity (Wildman–Crippen MR) is 101 cm³/mol. The Hall–Kier alpha value is -2.88. The first-order chi connectivity index (χ1) is 12.0. The number of rotatable bonds is 5. The number of anilines is 1. The van der Waals surface area contributed by atoms with Crippen molar-refractivity contribution < 1.29 is 4.79 Å². The number of carbonyl (C=O) groups is 1. The van der Waals surface area contributed by atoms with Crippen molar-refractivity contribution in [2.75, 3.05) is 5.32 Å². The molecule has 4 nitrogen and oxygen atoms in total. The molecule has 0 aliphatic carbocycles. The van der Waals surface area contributed by atoms with Crippen LogP contribution in [-0.2, 0) is 11.2 Å². The number of aryl methyl sites for hydroxylation is 1. The highest BCUT2D eigenvalue weighted by molar-refractivity contribution is 5.88. The lowest BCUT2D eigenvalue weighted by molar-refractivity contribution is -0.114. The molecule has 0 aliphatic rings. The molecule has 0 radical (unpaired) electrons. The van der Waals surface area contributed by atoms with Gasteiger partial charge >= 0.3 is 0 Å². The number of benzene rings is 2. The van der Waals surface area contributed by atoms with Gasteiger partial charge in [-0.1, -0.05) is 30.3 Å². The number of H-pyrrole nitrogens is 1. The smallest absolute Gasteiger partial charge is 0.221 e. The van der Waals surface area contributed by atoms with E-state index in [1.165, 1.54) is 29.2 Å². The summed E-state index contributed by atoms with van der Waals surface area (Å²) in [6.45, 7) is 5.84. The molecule has 0 saturated carbocycles. The number of aromatic amines is 1. The lowest BCUT2D eigenvalue weighted by atomic mass is 9.85. The minimum absolute atomic E-state index is 0.0570. The fourth-order valence-corrected chi connectivity index (χ4v) is 3.16. The molecule has 0 bridgehead atoms. The van der Waals surface area contributed by atoms with E-state index in [2.05, 4.69) is 59.5 Å². The summed E-state index contributed by atoms with van der Waals surface area (Å²) in [7, 11) is 0. The van der Waals surface area contributed by atoms with Crippen molar-refractivity contribution in [1.82, 2.24) is 9.97 Å². The number of nitrogens with one attached hydrogen (secondary N) is 2. The fraction of sp³-hybridized carbons (Fsp3) is 0.238. The van der Waals surface area contributed by atoms with Gasteiger partial charge < -0.3 is 10.3 Å². The molecule has 25 heavy (non-hydrogen) atoms. The van der Waals surface area contributed by atoms with Gasteiger partial charge in [-0.05, 0) is 54.7 Å². The quantitative estimate of drug-likeness (QED) is 0.729. The zero-order valence-corrected chi connectivity index (χ0v) is 14.8. The van der Waals surface area contributed by atoms with Crippen LogP contribution < -0.4 is 5.32 Å². The van der Waals surface area contributed by atoms with Crippen molar-refractivity contribution in [1.29, 1.82) is 0 Å². The third-order valence-electron chi connectivity index (χ3n) is 4.63. The molecule has 1 amide bonds. The SMILES string of the molecule is CC(=O)Nc1ccc(CC(c2cnc[nH]2)c2cccc(C)c2C)cc1. The minimum Gasteiger partial charge on any atom is -0.348 e. The Labute approximate surface area is 148 Å². The van der Waals surface area contributed by atoms with Gasteiger partial charge in [-0.3, -0.25) is 4.79 Å². The summed E-state index contributed by atoms with van der Waals surface area (Å²) in [5.74, 6) is 0.160. The van der Waals surface area contributed by atoms with Crippen LogP contribution in [0.25, 0.3) is 0 Å². The molecule has 4 heteroatoms. The van der Waals surface area contributed by atoms with Crippen molar-refractivity contribution in [2.45, 2.75) is 33.1 Å². The molecule has 0 saturated heterocycles. The largest absolute Gasteiger partial charge is 0.348 e. The van der Waals surface area contributed by atoms with Crippen molar-refractivity contribution in [3.63, 3.8) is 0 Å². The maximum atomic E-state index is 11.2. The molecule has 1 aromatic heterocycles. The molecule has 2 N–H and O–H groups in total. The monoisotopic (exact) mass is 333 g/mol. The van der Waals surface area contributed by atoms with E-state index >= 15 is 0 Å². The van der Waals surface area contributed by atoms with E-state index in [9.17, 15) is 4.79 Å². The van der Waals surface area contributed by atoms with Gasteiger partial charge in [-0.2, -0.15) is 0 Å². The van der Waals surface area contributed by atoms with Crippen LogP contribution >= 0.6 is 0 Å². The highest BCUT2D eigenvalue weighted by atomic mass is 16.1. The van der Waals surface area contributed by atoms with Gasteiger partial charge in [0.1, 0.15) is 0 Å². The van der Waals surface area contributed by atoms with Gasteiger partial charge in [0, 0.05) is 30.4 Å². The molecule has 1 heterocycles. The summed E-state index contributed by atoms with van der Waals surface area (Å²) in [5.41, 5.74) is 7.07. The van der Waals surface area contributed by atoms with E-state index < -0.39 is 0 Å². The normalized spacial score (nSPS) is 12.0. The number of hydrogen-bond acceptors (Lipinski definition) is 2. The average Bonchev–Trinajstić information content (AvgIpc) is 3.11. The van der Waals surface area contributed by atoms with Gasteiger partial charge in [0.2, 0.25) is 5.91 Å². The standard InChI is InChI=1S/C21H23N3O/c1-14-5-4-6-19(15(14)2)20(21-12-22-13-23-21)11-17-7-9-18(10-8-17)24-16(3)25/h4-10,12-13,20H,11H2,1-3H3,(H,22,23)(H,24,25). The Morgan fingerprint density at radius 2 is 1.92 bits per heavy atom. The number of aromatic nitrogens is 2. The van der Waals surface area contributed by atoms with E-state index in [0.29, 0.717) is 0 Å². The highest BCUT2D eigenvalue weighted by Gasteiger charge is 2.19. The van der Waals surface area contributed by atoms with Crippen LogP contribution in [-0.4, -0.2) is 15.9 Å².